The molecule has 0 aliphatic carbocycles. The standard InChI is InChI=1S/C25H28N4O2/c1-18-5-9-22(10-6-18)29-24(30)12-11-23(26-29)27-13-4-14-28(16-15-27)25(31)21-8-7-19(2)20(3)17-21/h5-12,17H,4,13-16H2,1-3H3. The van der Waals surface area contributed by atoms with E-state index in [9.17, 15) is 9.59 Å². The number of nitrogens with zero attached hydrogens (tertiary/aromatic N) is 4. The Hall–Kier alpha value is -3.41. The van der Waals surface area contributed by atoms with E-state index >= 15 is 0 Å². The molecule has 3 aromatic rings. The van der Waals surface area contributed by atoms with E-state index in [1.807, 2.05) is 61.2 Å². The Balaban J connectivity index is 1.51. The van der Waals surface area contributed by atoms with Gasteiger partial charge in [-0.1, -0.05) is 23.8 Å². The molecule has 31 heavy (non-hydrogen) atoms. The molecule has 6 nitrogen and oxygen atoms in total. The van der Waals surface area contributed by atoms with Crippen LogP contribution in [0.4, 0.5) is 5.82 Å². The molecule has 1 amide bonds. The molecule has 160 valence electrons. The maximum atomic E-state index is 13.0. The van der Waals surface area contributed by atoms with Crippen molar-refractivity contribution < 1.29 is 4.79 Å². The number of aromatic nitrogens is 2. The Morgan fingerprint density at radius 1 is 0.839 bits per heavy atom. The minimum Gasteiger partial charge on any atom is -0.353 e. The summed E-state index contributed by atoms with van der Waals surface area (Å²) in [6.07, 6.45) is 0.849. The number of rotatable bonds is 3. The third-order valence-corrected chi connectivity index (χ3v) is 5.93. The molecule has 1 aliphatic rings. The van der Waals surface area contributed by atoms with Gasteiger partial charge in [0.05, 0.1) is 5.69 Å². The van der Waals surface area contributed by atoms with Crippen LogP contribution in [0.2, 0.25) is 0 Å². The van der Waals surface area contributed by atoms with Crippen LogP contribution in [0.5, 0.6) is 0 Å². The summed E-state index contributed by atoms with van der Waals surface area (Å²) < 4.78 is 1.44. The van der Waals surface area contributed by atoms with E-state index in [1.54, 1.807) is 12.1 Å². The van der Waals surface area contributed by atoms with E-state index in [4.69, 9.17) is 0 Å². The number of aryl methyl sites for hydroxylation is 3. The SMILES string of the molecule is Cc1ccc(-n2nc(N3CCCN(C(=O)c4ccc(C)c(C)c4)CC3)ccc2=O)cc1. The van der Waals surface area contributed by atoms with Gasteiger partial charge in [0.1, 0.15) is 5.82 Å². The number of amides is 1. The van der Waals surface area contributed by atoms with Crippen LogP contribution < -0.4 is 10.5 Å². The fourth-order valence-electron chi connectivity index (χ4n) is 3.85. The summed E-state index contributed by atoms with van der Waals surface area (Å²) >= 11 is 0. The van der Waals surface area contributed by atoms with Crippen molar-refractivity contribution in [1.29, 1.82) is 0 Å². The highest BCUT2D eigenvalue weighted by molar-refractivity contribution is 5.94. The van der Waals surface area contributed by atoms with E-state index < -0.39 is 0 Å². The van der Waals surface area contributed by atoms with Crippen molar-refractivity contribution in [3.63, 3.8) is 0 Å². The van der Waals surface area contributed by atoms with E-state index in [2.05, 4.69) is 16.9 Å². The summed E-state index contributed by atoms with van der Waals surface area (Å²) in [7, 11) is 0. The molecule has 2 aromatic carbocycles. The van der Waals surface area contributed by atoms with Gasteiger partial charge in [0.25, 0.3) is 11.5 Å². The van der Waals surface area contributed by atoms with Crippen molar-refractivity contribution in [2.45, 2.75) is 27.2 Å². The highest BCUT2D eigenvalue weighted by Crippen LogP contribution is 2.17. The molecule has 4 rings (SSSR count). The van der Waals surface area contributed by atoms with Crippen molar-refractivity contribution in [3.8, 4) is 5.69 Å². The second-order valence-electron chi connectivity index (χ2n) is 8.21. The smallest absolute Gasteiger partial charge is 0.271 e. The third kappa shape index (κ3) is 4.53. The maximum absolute atomic E-state index is 13.0. The first kappa shape index (κ1) is 20.8. The molecule has 0 saturated carbocycles. The fraction of sp³-hybridized carbons (Fsp3) is 0.320. The van der Waals surface area contributed by atoms with Gasteiger partial charge in [-0.2, -0.15) is 4.68 Å². The van der Waals surface area contributed by atoms with Crippen LogP contribution in [-0.4, -0.2) is 46.8 Å². The molecule has 0 unspecified atom stereocenters. The van der Waals surface area contributed by atoms with Crippen LogP contribution in [0.25, 0.3) is 5.69 Å². The van der Waals surface area contributed by atoms with Crippen molar-refractivity contribution in [2.24, 2.45) is 0 Å². The molecule has 0 atom stereocenters. The van der Waals surface area contributed by atoms with Crippen molar-refractivity contribution in [2.75, 3.05) is 31.1 Å². The van der Waals surface area contributed by atoms with E-state index in [0.717, 1.165) is 41.2 Å². The zero-order valence-corrected chi connectivity index (χ0v) is 18.3. The highest BCUT2D eigenvalue weighted by atomic mass is 16.2. The van der Waals surface area contributed by atoms with Gasteiger partial charge in [-0.15, -0.1) is 5.10 Å². The van der Waals surface area contributed by atoms with Gasteiger partial charge in [-0.25, -0.2) is 0 Å². The van der Waals surface area contributed by atoms with E-state index in [-0.39, 0.29) is 11.5 Å². The first-order valence-electron chi connectivity index (χ1n) is 10.7. The van der Waals surface area contributed by atoms with Crippen molar-refractivity contribution in [1.82, 2.24) is 14.7 Å². The summed E-state index contributed by atoms with van der Waals surface area (Å²) in [5.41, 5.74) is 4.78. The Bertz CT molecular complexity index is 1150. The molecule has 0 bridgehead atoms. The topological polar surface area (TPSA) is 58.4 Å². The van der Waals surface area contributed by atoms with Gasteiger partial charge < -0.3 is 9.80 Å². The summed E-state index contributed by atoms with van der Waals surface area (Å²) in [4.78, 5) is 29.5. The molecule has 0 spiro atoms. The van der Waals surface area contributed by atoms with Crippen LogP contribution in [0.3, 0.4) is 0 Å². The molecular formula is C25H28N4O2. The van der Waals surface area contributed by atoms with Gasteiger partial charge in [0.2, 0.25) is 0 Å². The molecule has 1 saturated heterocycles. The number of anilines is 1. The molecule has 1 aliphatic heterocycles. The number of carbonyl (C=O) groups is 1. The predicted octanol–water partition coefficient (Wildman–Crippen LogP) is 3.51. The first-order valence-corrected chi connectivity index (χ1v) is 10.7. The van der Waals surface area contributed by atoms with Crippen molar-refractivity contribution >= 4 is 11.7 Å². The largest absolute Gasteiger partial charge is 0.353 e. The lowest BCUT2D eigenvalue weighted by molar-refractivity contribution is 0.0767. The first-order chi connectivity index (χ1) is 14.9. The average molecular weight is 417 g/mol. The monoisotopic (exact) mass is 416 g/mol. The summed E-state index contributed by atoms with van der Waals surface area (Å²) in [5, 5.41) is 4.61. The average Bonchev–Trinajstić information content (AvgIpc) is 3.03. The lowest BCUT2D eigenvalue weighted by Gasteiger charge is -2.23. The molecule has 2 heterocycles. The van der Waals surface area contributed by atoms with Crippen LogP contribution in [0, 0.1) is 20.8 Å². The number of benzene rings is 2. The molecule has 0 N–H and O–H groups in total. The normalized spacial score (nSPS) is 14.4. The van der Waals surface area contributed by atoms with E-state index in [0.29, 0.717) is 19.6 Å². The van der Waals surface area contributed by atoms with Gasteiger partial charge in [-0.05, 0) is 68.7 Å². The lowest BCUT2D eigenvalue weighted by atomic mass is 10.1. The molecule has 6 heteroatoms. The Morgan fingerprint density at radius 3 is 2.35 bits per heavy atom. The highest BCUT2D eigenvalue weighted by Gasteiger charge is 2.21. The van der Waals surface area contributed by atoms with Crippen molar-refractivity contribution in [3.05, 3.63) is 87.2 Å². The second kappa shape index (κ2) is 8.76. The van der Waals surface area contributed by atoms with Crippen LogP contribution >= 0.6 is 0 Å². The van der Waals surface area contributed by atoms with Crippen LogP contribution in [0.15, 0.2) is 59.4 Å². The Labute approximate surface area is 182 Å². The minimum absolute atomic E-state index is 0.0718. The molecule has 1 fully saturated rings. The summed E-state index contributed by atoms with van der Waals surface area (Å²) in [5.74, 6) is 0.822. The van der Waals surface area contributed by atoms with Crippen LogP contribution in [-0.2, 0) is 0 Å². The van der Waals surface area contributed by atoms with E-state index in [1.165, 1.54) is 10.2 Å². The quantitative estimate of drug-likeness (QED) is 0.656. The second-order valence-corrected chi connectivity index (χ2v) is 8.21. The summed E-state index contributed by atoms with van der Waals surface area (Å²) in [6.45, 7) is 8.89. The maximum Gasteiger partial charge on any atom is 0.271 e. The Kier molecular flexibility index (Phi) is 5.89. The third-order valence-electron chi connectivity index (χ3n) is 5.93. The van der Waals surface area contributed by atoms with Gasteiger partial charge >= 0.3 is 0 Å². The molecule has 0 radical (unpaired) electrons. The van der Waals surface area contributed by atoms with Gasteiger partial charge in [0, 0.05) is 37.8 Å². The molecular weight excluding hydrogens is 388 g/mol. The number of hydrogen-bond acceptors (Lipinski definition) is 4. The lowest BCUT2D eigenvalue weighted by Crippen LogP contribution is -2.36. The van der Waals surface area contributed by atoms with Gasteiger partial charge in [-0.3, -0.25) is 9.59 Å². The zero-order valence-electron chi connectivity index (χ0n) is 18.3. The fourth-order valence-corrected chi connectivity index (χ4v) is 3.85. The zero-order chi connectivity index (χ0) is 22.0. The minimum atomic E-state index is -0.158. The van der Waals surface area contributed by atoms with Crippen LogP contribution in [0.1, 0.15) is 33.5 Å². The van der Waals surface area contributed by atoms with Gasteiger partial charge in [0.15, 0.2) is 0 Å². The predicted molar refractivity (Wildman–Crippen MR) is 123 cm³/mol. The summed E-state index contributed by atoms with van der Waals surface area (Å²) in [6, 6.07) is 17.0. The number of hydrogen-bond donors (Lipinski definition) is 0. The Morgan fingerprint density at radius 2 is 1.61 bits per heavy atom. The number of carbonyl (C=O) groups excluding carboxylic acids is 1. The molecule has 1 aromatic heterocycles.